The van der Waals surface area contributed by atoms with Crippen molar-refractivity contribution in [2.24, 2.45) is 11.5 Å². The van der Waals surface area contributed by atoms with E-state index in [1.165, 1.54) is 12.8 Å². The second-order valence-corrected chi connectivity index (χ2v) is 18.3. The number of amides is 5. The van der Waals surface area contributed by atoms with E-state index in [2.05, 4.69) is 31.9 Å². The zero-order valence-corrected chi connectivity index (χ0v) is 46.4. The van der Waals surface area contributed by atoms with Crippen molar-refractivity contribution >= 4 is 68.3 Å². The number of unbranched alkanes of at least 4 members (excludes halogenated alkanes) is 11. The Morgan fingerprint density at radius 3 is 1.37 bits per heavy atom. The van der Waals surface area contributed by atoms with Crippen LogP contribution in [0.25, 0.3) is 0 Å². The summed E-state index contributed by atoms with van der Waals surface area (Å²) in [7, 11) is 11.8. The van der Waals surface area contributed by atoms with Crippen molar-refractivity contribution in [1.29, 1.82) is 0 Å². The molecule has 0 aromatic rings. The van der Waals surface area contributed by atoms with Crippen molar-refractivity contribution in [3.05, 3.63) is 0 Å². The monoisotopic (exact) mass is 1070 g/mol. The zero-order valence-electron chi connectivity index (χ0n) is 46.4. The average Bonchev–Trinajstić information content (AvgIpc) is 3.37. The zero-order chi connectivity index (χ0) is 57.1. The summed E-state index contributed by atoms with van der Waals surface area (Å²) in [5.74, 6) is -2.51. The topological polar surface area (TPSA) is 335 Å². The second-order valence-electron chi connectivity index (χ2n) is 18.3. The van der Waals surface area contributed by atoms with Gasteiger partial charge in [0.1, 0.15) is 25.0 Å². The van der Waals surface area contributed by atoms with E-state index in [9.17, 15) is 48.3 Å². The summed E-state index contributed by atoms with van der Waals surface area (Å²) in [5.41, 5.74) is 10.0. The number of carbonyl (C=O) groups excluding carboxylic acids is 8. The van der Waals surface area contributed by atoms with Crippen molar-refractivity contribution in [3.8, 4) is 0 Å². The molecule has 0 bridgehead atoms. The molecule has 0 aliphatic heterocycles. The lowest BCUT2D eigenvalue weighted by molar-refractivity contribution is -0.142. The van der Waals surface area contributed by atoms with Gasteiger partial charge in [-0.15, -0.1) is 0 Å². The van der Waals surface area contributed by atoms with Crippen molar-refractivity contribution in [1.82, 2.24) is 31.9 Å². The molecule has 0 saturated heterocycles. The summed E-state index contributed by atoms with van der Waals surface area (Å²) in [6.45, 7) is 11.3. The molecule has 75 heavy (non-hydrogen) atoms. The van der Waals surface area contributed by atoms with E-state index in [1.807, 2.05) is 13.8 Å². The third-order valence-electron chi connectivity index (χ3n) is 11.3. The maximum absolute atomic E-state index is 12.3. The Kier molecular flexibility index (Phi) is 51.7. The average molecular weight is 1070 g/mol. The highest BCUT2D eigenvalue weighted by Gasteiger charge is 2.21. The number of rotatable bonds is 48. The van der Waals surface area contributed by atoms with Crippen LogP contribution in [0.15, 0.2) is 0 Å². The third kappa shape index (κ3) is 51.6. The highest BCUT2D eigenvalue weighted by molar-refractivity contribution is 6.60. The standard InChI is InChI=1S/C44H80BN7O13.C5H10BNO.C2H6/c1-34(53)16-10-8-6-4-2-3-5-7-9-11-19-39(55)52-37(44(60)61)20-21-38(54)49-24-26-62-28-31-65-33-41(57)50-25-27-63-29-30-64-32-40(56)48-22-14-13-18-36(47)43(59)51-23-15-12-17-35(46)42(45)58;1-5(2,7-3)4(6)8;1-2/h35-37H,2-33,46-47H2,1H3,(H,48,56)(H,49,54)(H,50,57)(H,51,59)(H,52,55)(H,60,61);7H,1-3H3;1-2H3/t35-,36-,37-;;/m0../s1. The molecule has 24 heteroatoms. The lowest BCUT2D eigenvalue weighted by atomic mass is 9.85. The van der Waals surface area contributed by atoms with Crippen molar-refractivity contribution < 1.29 is 67.2 Å². The summed E-state index contributed by atoms with van der Waals surface area (Å²) < 4.78 is 21.4. The summed E-state index contributed by atoms with van der Waals surface area (Å²) >= 11 is 0. The van der Waals surface area contributed by atoms with Crippen LogP contribution in [0.5, 0.6) is 0 Å². The van der Waals surface area contributed by atoms with Crippen LogP contribution >= 0.6 is 0 Å². The lowest BCUT2D eigenvalue weighted by Crippen LogP contribution is -2.44. The number of ketones is 1. The number of hydrogen-bond donors (Lipinski definition) is 9. The second kappa shape index (κ2) is 51.8. The molecule has 22 nitrogen and oxygen atoms in total. The predicted molar refractivity (Wildman–Crippen MR) is 290 cm³/mol. The number of nitrogens with one attached hydrogen (secondary N) is 6. The molecule has 0 aromatic carbocycles. The van der Waals surface area contributed by atoms with Gasteiger partial charge in [-0.1, -0.05) is 65.2 Å². The molecule has 3 atom stereocenters. The fraction of sp³-hybridized carbons (Fsp3) is 0.824. The van der Waals surface area contributed by atoms with Crippen molar-refractivity contribution in [2.75, 3.05) is 86.1 Å². The van der Waals surface area contributed by atoms with Crippen LogP contribution < -0.4 is 43.4 Å². The minimum absolute atomic E-state index is 0.0339. The quantitative estimate of drug-likeness (QED) is 0.0308. The van der Waals surface area contributed by atoms with Crippen LogP contribution in [-0.4, -0.2) is 183 Å². The summed E-state index contributed by atoms with van der Waals surface area (Å²) in [5, 5.41) is 25.6. The molecule has 430 valence electrons. The van der Waals surface area contributed by atoms with Gasteiger partial charge in [-0.05, 0) is 85.6 Å². The van der Waals surface area contributed by atoms with Gasteiger partial charge in [0.15, 0.2) is 15.7 Å². The molecule has 0 unspecified atom stereocenters. The van der Waals surface area contributed by atoms with Crippen LogP contribution in [0.3, 0.4) is 0 Å². The Labute approximate surface area is 450 Å². The number of carbonyl (C=O) groups is 9. The number of carboxylic acid groups (broad SMARTS) is 1. The van der Waals surface area contributed by atoms with E-state index in [0.717, 1.165) is 44.9 Å². The maximum atomic E-state index is 12.3. The van der Waals surface area contributed by atoms with E-state index in [-0.39, 0.29) is 126 Å². The van der Waals surface area contributed by atoms with Crippen molar-refractivity contribution in [2.45, 2.75) is 187 Å². The molecule has 0 heterocycles. The Bertz CT molecular complexity index is 1570. The van der Waals surface area contributed by atoms with Gasteiger partial charge in [-0.25, -0.2) is 4.79 Å². The van der Waals surface area contributed by atoms with Crippen LogP contribution in [0.2, 0.25) is 0 Å². The van der Waals surface area contributed by atoms with Crippen LogP contribution in [-0.2, 0) is 62.1 Å². The molecule has 4 radical (unpaired) electrons. The SMILES string of the molecule is CC.[B]C(=O)C(C)(C)NC.[B]C(=O)[C@@H](N)CCCCNC(=O)[C@@H](N)CCCCNC(=O)COCCOCCNC(=O)COCCOCCNC(=O)CC[C@H](NC(=O)CCCCCCCCCCCCC(C)=O)C(=O)O. The fourth-order valence-electron chi connectivity index (χ4n) is 6.30. The maximum Gasteiger partial charge on any atom is 0.326 e. The van der Waals surface area contributed by atoms with E-state index in [1.54, 1.807) is 27.8 Å². The molecule has 11 N–H and O–H groups in total. The first kappa shape index (κ1) is 74.9. The minimum Gasteiger partial charge on any atom is -0.480 e. The van der Waals surface area contributed by atoms with Gasteiger partial charge in [0.25, 0.3) is 0 Å². The first-order valence-electron chi connectivity index (χ1n) is 26.9. The molecule has 0 fully saturated rings. The van der Waals surface area contributed by atoms with E-state index >= 15 is 0 Å². The van der Waals surface area contributed by atoms with E-state index < -0.39 is 35.3 Å². The fourth-order valence-corrected chi connectivity index (χ4v) is 6.30. The van der Waals surface area contributed by atoms with Crippen LogP contribution in [0.4, 0.5) is 0 Å². The number of hydrogen-bond acceptors (Lipinski definition) is 16. The highest BCUT2D eigenvalue weighted by atomic mass is 16.5. The first-order valence-corrected chi connectivity index (χ1v) is 26.9. The number of likely N-dealkylation sites (N-methyl/N-ethyl adjacent to an activating group) is 1. The summed E-state index contributed by atoms with van der Waals surface area (Å²) in [6.07, 6.45) is 14.8. The Balaban J connectivity index is -0.00000469. The van der Waals surface area contributed by atoms with Gasteiger partial charge >= 0.3 is 5.97 Å². The van der Waals surface area contributed by atoms with Crippen molar-refractivity contribution in [3.63, 3.8) is 0 Å². The normalized spacial score (nSPS) is 12.1. The molecule has 0 spiro atoms. The Hall–Kier alpha value is -4.32. The van der Waals surface area contributed by atoms with Crippen LogP contribution in [0, 0.1) is 0 Å². The van der Waals surface area contributed by atoms with Gasteiger partial charge < -0.3 is 81.8 Å². The summed E-state index contributed by atoms with van der Waals surface area (Å²) in [6, 6.07) is -2.48. The highest BCUT2D eigenvalue weighted by Crippen LogP contribution is 2.12. The first-order chi connectivity index (χ1) is 35.7. The molecule has 0 aromatic heterocycles. The van der Waals surface area contributed by atoms with Gasteiger partial charge in [-0.3, -0.25) is 24.0 Å². The number of aliphatic carboxylic acids is 1. The van der Waals surface area contributed by atoms with Gasteiger partial charge in [0, 0.05) is 45.4 Å². The van der Waals surface area contributed by atoms with E-state index in [4.69, 9.17) is 46.1 Å². The Morgan fingerprint density at radius 2 is 0.933 bits per heavy atom. The molecule has 0 saturated carbocycles. The molecular weight excluding hydrogens is 970 g/mol. The largest absolute Gasteiger partial charge is 0.480 e. The number of carboxylic acids is 1. The van der Waals surface area contributed by atoms with Gasteiger partial charge in [0.2, 0.25) is 29.5 Å². The van der Waals surface area contributed by atoms with Gasteiger partial charge in [-0.2, -0.15) is 0 Å². The Morgan fingerprint density at radius 1 is 0.507 bits per heavy atom. The third-order valence-corrected chi connectivity index (χ3v) is 11.3. The molecule has 0 aliphatic rings. The van der Waals surface area contributed by atoms with Gasteiger partial charge in [0.05, 0.1) is 68.6 Å². The minimum atomic E-state index is -1.19. The number of ether oxygens (including phenoxy) is 4. The smallest absolute Gasteiger partial charge is 0.326 e. The lowest BCUT2D eigenvalue weighted by Gasteiger charge is -2.19. The van der Waals surface area contributed by atoms with E-state index in [0.29, 0.717) is 64.5 Å². The molecular formula is C51H96B2N8O14. The molecule has 5 amide bonds. The summed E-state index contributed by atoms with van der Waals surface area (Å²) in [4.78, 5) is 104. The predicted octanol–water partition coefficient (Wildman–Crippen LogP) is 1.53. The molecule has 0 rings (SSSR count). The van der Waals surface area contributed by atoms with Crippen LogP contribution in [0.1, 0.15) is 163 Å². The number of nitrogens with two attached hydrogens (primary N) is 2. The number of Topliss-reactive ketones (excluding diaryl/α,β-unsaturated/α-hetero) is 1. The molecule has 0 aliphatic carbocycles.